The summed E-state index contributed by atoms with van der Waals surface area (Å²) in [6.07, 6.45) is 6.87. The Balaban J connectivity index is 2.22. The lowest BCUT2D eigenvalue weighted by Gasteiger charge is -2.41. The van der Waals surface area contributed by atoms with Crippen molar-refractivity contribution in [3.63, 3.8) is 0 Å². The molecule has 11 heavy (non-hydrogen) atoms. The molecule has 0 heterocycles. The van der Waals surface area contributed by atoms with Crippen molar-refractivity contribution < 1.29 is 0 Å². The van der Waals surface area contributed by atoms with Crippen LogP contribution in [0.3, 0.4) is 0 Å². The Labute approximate surface area is 75.3 Å². The Kier molecular flexibility index (Phi) is 3.24. The summed E-state index contributed by atoms with van der Waals surface area (Å²) in [6, 6.07) is 0. The number of alkyl halides is 1. The standard InChI is InChI=1S/C10H19Cl/c1-9(2)4-7-10(8-11)5-3-6-10/h9H,3-8H2,1-2H3. The predicted octanol–water partition coefficient (Wildman–Crippen LogP) is 3.83. The molecular formula is C10H19Cl. The average Bonchev–Trinajstić information content (AvgIpc) is 1.86. The van der Waals surface area contributed by atoms with Crippen molar-refractivity contribution in [1.29, 1.82) is 0 Å². The van der Waals surface area contributed by atoms with Crippen molar-refractivity contribution in [1.82, 2.24) is 0 Å². The van der Waals surface area contributed by atoms with Gasteiger partial charge in [-0.1, -0.05) is 26.7 Å². The fourth-order valence-corrected chi connectivity index (χ4v) is 2.12. The first-order valence-electron chi connectivity index (χ1n) is 4.74. The highest BCUT2D eigenvalue weighted by atomic mass is 35.5. The first-order valence-corrected chi connectivity index (χ1v) is 5.28. The molecule has 66 valence electrons. The molecule has 0 aromatic heterocycles. The molecule has 0 bridgehead atoms. The van der Waals surface area contributed by atoms with E-state index in [1.54, 1.807) is 0 Å². The van der Waals surface area contributed by atoms with Crippen LogP contribution >= 0.6 is 11.6 Å². The second-order valence-electron chi connectivity index (χ2n) is 4.42. The minimum absolute atomic E-state index is 0.561. The zero-order valence-electron chi connectivity index (χ0n) is 7.70. The molecule has 0 nitrogen and oxygen atoms in total. The van der Waals surface area contributed by atoms with E-state index in [2.05, 4.69) is 13.8 Å². The highest BCUT2D eigenvalue weighted by Crippen LogP contribution is 2.46. The molecule has 0 saturated heterocycles. The van der Waals surface area contributed by atoms with Gasteiger partial charge in [0.05, 0.1) is 0 Å². The van der Waals surface area contributed by atoms with Gasteiger partial charge in [-0.3, -0.25) is 0 Å². The zero-order valence-corrected chi connectivity index (χ0v) is 8.45. The van der Waals surface area contributed by atoms with E-state index in [9.17, 15) is 0 Å². The Morgan fingerprint density at radius 3 is 2.27 bits per heavy atom. The maximum atomic E-state index is 5.94. The largest absolute Gasteiger partial charge is 0.126 e. The molecule has 0 radical (unpaired) electrons. The van der Waals surface area contributed by atoms with Gasteiger partial charge in [0, 0.05) is 5.88 Å². The van der Waals surface area contributed by atoms with Gasteiger partial charge in [0.2, 0.25) is 0 Å². The van der Waals surface area contributed by atoms with E-state index in [0.717, 1.165) is 11.8 Å². The van der Waals surface area contributed by atoms with Gasteiger partial charge in [-0.25, -0.2) is 0 Å². The van der Waals surface area contributed by atoms with E-state index in [0.29, 0.717) is 5.41 Å². The van der Waals surface area contributed by atoms with E-state index >= 15 is 0 Å². The normalized spacial score (nSPS) is 21.8. The molecule has 0 aliphatic heterocycles. The van der Waals surface area contributed by atoms with Gasteiger partial charge in [-0.2, -0.15) is 0 Å². The first kappa shape index (κ1) is 9.38. The van der Waals surface area contributed by atoms with Crippen LogP contribution in [0.4, 0.5) is 0 Å². The van der Waals surface area contributed by atoms with Crippen LogP contribution in [0.15, 0.2) is 0 Å². The number of rotatable bonds is 4. The third kappa shape index (κ3) is 2.37. The Hall–Kier alpha value is 0.290. The maximum absolute atomic E-state index is 5.94. The monoisotopic (exact) mass is 174 g/mol. The molecule has 0 atom stereocenters. The van der Waals surface area contributed by atoms with Crippen LogP contribution in [0, 0.1) is 11.3 Å². The van der Waals surface area contributed by atoms with Crippen molar-refractivity contribution in [3.8, 4) is 0 Å². The van der Waals surface area contributed by atoms with Gasteiger partial charge in [0.1, 0.15) is 0 Å². The highest BCUT2D eigenvalue weighted by Gasteiger charge is 2.35. The quantitative estimate of drug-likeness (QED) is 0.569. The summed E-state index contributed by atoms with van der Waals surface area (Å²) in [6.45, 7) is 4.58. The molecule has 0 aromatic carbocycles. The summed E-state index contributed by atoms with van der Waals surface area (Å²) in [5.74, 6) is 1.73. The smallest absolute Gasteiger partial charge is 0.0280 e. The van der Waals surface area contributed by atoms with Crippen molar-refractivity contribution in [2.45, 2.75) is 46.0 Å². The molecule has 0 amide bonds. The zero-order chi connectivity index (χ0) is 8.32. The lowest BCUT2D eigenvalue weighted by Crippen LogP contribution is -2.31. The fourth-order valence-electron chi connectivity index (χ4n) is 1.72. The third-order valence-corrected chi connectivity index (χ3v) is 3.52. The summed E-state index contributed by atoms with van der Waals surface area (Å²) in [7, 11) is 0. The summed E-state index contributed by atoms with van der Waals surface area (Å²) in [5, 5.41) is 0. The molecule has 1 rings (SSSR count). The van der Waals surface area contributed by atoms with Crippen molar-refractivity contribution >= 4 is 11.6 Å². The van der Waals surface area contributed by atoms with E-state index < -0.39 is 0 Å². The minimum Gasteiger partial charge on any atom is -0.126 e. The van der Waals surface area contributed by atoms with Crippen molar-refractivity contribution in [3.05, 3.63) is 0 Å². The van der Waals surface area contributed by atoms with E-state index in [-0.39, 0.29) is 0 Å². The highest BCUT2D eigenvalue weighted by molar-refractivity contribution is 6.18. The topological polar surface area (TPSA) is 0 Å². The molecule has 1 saturated carbocycles. The number of hydrogen-bond donors (Lipinski definition) is 0. The van der Waals surface area contributed by atoms with Gasteiger partial charge in [0.25, 0.3) is 0 Å². The Bertz CT molecular complexity index is 109. The van der Waals surface area contributed by atoms with Gasteiger partial charge in [0.15, 0.2) is 0 Å². The molecule has 1 aliphatic carbocycles. The molecule has 0 spiro atoms. The average molecular weight is 175 g/mol. The second kappa shape index (κ2) is 3.80. The fraction of sp³-hybridized carbons (Fsp3) is 1.00. The van der Waals surface area contributed by atoms with Gasteiger partial charge < -0.3 is 0 Å². The van der Waals surface area contributed by atoms with Crippen LogP contribution in [-0.4, -0.2) is 5.88 Å². The van der Waals surface area contributed by atoms with Crippen LogP contribution in [0.1, 0.15) is 46.0 Å². The van der Waals surface area contributed by atoms with Crippen molar-refractivity contribution in [2.75, 3.05) is 5.88 Å². The SMILES string of the molecule is CC(C)CCC1(CCl)CCC1. The van der Waals surface area contributed by atoms with Crippen LogP contribution in [0.2, 0.25) is 0 Å². The van der Waals surface area contributed by atoms with Gasteiger partial charge in [-0.15, -0.1) is 11.6 Å². The van der Waals surface area contributed by atoms with Crippen molar-refractivity contribution in [2.24, 2.45) is 11.3 Å². The maximum Gasteiger partial charge on any atom is 0.0280 e. The molecule has 0 unspecified atom stereocenters. The summed E-state index contributed by atoms with van der Waals surface area (Å²) in [4.78, 5) is 0. The molecular weight excluding hydrogens is 156 g/mol. The Morgan fingerprint density at radius 2 is 2.00 bits per heavy atom. The van der Waals surface area contributed by atoms with Crippen LogP contribution < -0.4 is 0 Å². The van der Waals surface area contributed by atoms with E-state index in [1.807, 2.05) is 0 Å². The van der Waals surface area contributed by atoms with Crippen LogP contribution in [-0.2, 0) is 0 Å². The molecule has 1 aliphatic rings. The first-order chi connectivity index (χ1) is 5.18. The summed E-state index contributed by atoms with van der Waals surface area (Å²) >= 11 is 5.94. The number of hydrogen-bond acceptors (Lipinski definition) is 0. The summed E-state index contributed by atoms with van der Waals surface area (Å²) < 4.78 is 0. The lowest BCUT2D eigenvalue weighted by molar-refractivity contribution is 0.141. The summed E-state index contributed by atoms with van der Waals surface area (Å²) in [5.41, 5.74) is 0.561. The van der Waals surface area contributed by atoms with Crippen LogP contribution in [0.5, 0.6) is 0 Å². The number of halogens is 1. The molecule has 0 aromatic rings. The molecule has 0 N–H and O–H groups in total. The Morgan fingerprint density at radius 1 is 1.36 bits per heavy atom. The van der Waals surface area contributed by atoms with Crippen LogP contribution in [0.25, 0.3) is 0 Å². The molecule has 1 fully saturated rings. The second-order valence-corrected chi connectivity index (χ2v) is 4.69. The lowest BCUT2D eigenvalue weighted by atomic mass is 9.67. The van der Waals surface area contributed by atoms with E-state index in [1.165, 1.54) is 32.1 Å². The van der Waals surface area contributed by atoms with Gasteiger partial charge in [-0.05, 0) is 30.6 Å². The van der Waals surface area contributed by atoms with Gasteiger partial charge >= 0.3 is 0 Å². The third-order valence-electron chi connectivity index (χ3n) is 2.95. The predicted molar refractivity (Wildman–Crippen MR) is 51.1 cm³/mol. The molecule has 1 heteroatoms. The minimum atomic E-state index is 0.561. The van der Waals surface area contributed by atoms with E-state index in [4.69, 9.17) is 11.6 Å².